The average molecular weight is 295 g/mol. The Morgan fingerprint density at radius 3 is 2.60 bits per heavy atom. The largest absolute Gasteiger partial charge is 0.480 e. The molecule has 20 heavy (non-hydrogen) atoms. The molecule has 1 heterocycles. The van der Waals surface area contributed by atoms with E-state index in [0.29, 0.717) is 29.4 Å². The third-order valence-electron chi connectivity index (χ3n) is 3.19. The maximum atomic E-state index is 12.5. The van der Waals surface area contributed by atoms with Crippen LogP contribution in [0.15, 0.2) is 35.4 Å². The Labute approximate surface area is 121 Å². The molecule has 2 N–H and O–H groups in total. The third kappa shape index (κ3) is 3.18. The molecular weight excluding hydrogens is 280 g/mol. The molecule has 0 saturated carbocycles. The number of halogens is 1. The van der Waals surface area contributed by atoms with Crippen molar-refractivity contribution in [1.82, 2.24) is 5.32 Å². The van der Waals surface area contributed by atoms with E-state index in [1.807, 2.05) is 0 Å². The number of nitrogens with zero attached hydrogens (tertiary/aromatic N) is 1. The van der Waals surface area contributed by atoms with E-state index in [9.17, 15) is 9.59 Å². The molecule has 0 aromatic heterocycles. The molecule has 6 heteroatoms. The van der Waals surface area contributed by atoms with E-state index in [4.69, 9.17) is 16.7 Å². The lowest BCUT2D eigenvalue weighted by atomic mass is 10.0. The summed E-state index contributed by atoms with van der Waals surface area (Å²) in [6, 6.07) is 6.62. The first-order chi connectivity index (χ1) is 9.49. The Hall–Kier alpha value is -1.85. The first kappa shape index (κ1) is 14.6. The molecular formula is C14H15ClN2O3. The van der Waals surface area contributed by atoms with Crippen LogP contribution in [-0.2, 0) is 9.59 Å². The summed E-state index contributed by atoms with van der Waals surface area (Å²) in [6.45, 7) is 2.68. The second-order valence-corrected chi connectivity index (χ2v) is 5.03. The molecule has 2 rings (SSSR count). The number of rotatable bonds is 4. The fraction of sp³-hybridized carbons (Fsp3) is 0.286. The van der Waals surface area contributed by atoms with Gasteiger partial charge in [-0.3, -0.25) is 14.5 Å². The van der Waals surface area contributed by atoms with Gasteiger partial charge in [0.25, 0.3) is 5.91 Å². The second-order valence-electron chi connectivity index (χ2n) is 4.60. The molecule has 0 radical (unpaired) electrons. The number of hydrogen-bond donors (Lipinski definition) is 2. The summed E-state index contributed by atoms with van der Waals surface area (Å²) >= 11 is 5.90. The minimum atomic E-state index is -1.07. The van der Waals surface area contributed by atoms with Gasteiger partial charge in [0, 0.05) is 29.4 Å². The molecule has 1 saturated heterocycles. The van der Waals surface area contributed by atoms with Gasteiger partial charge >= 0.3 is 5.97 Å². The van der Waals surface area contributed by atoms with Crippen LogP contribution < -0.4 is 10.2 Å². The highest BCUT2D eigenvalue weighted by molar-refractivity contribution is 6.31. The fourth-order valence-electron chi connectivity index (χ4n) is 1.93. The van der Waals surface area contributed by atoms with Crippen molar-refractivity contribution in [1.29, 1.82) is 0 Å². The van der Waals surface area contributed by atoms with Crippen molar-refractivity contribution in [3.63, 3.8) is 0 Å². The van der Waals surface area contributed by atoms with Gasteiger partial charge in [0.2, 0.25) is 0 Å². The zero-order chi connectivity index (χ0) is 14.7. The Balaban J connectivity index is 2.32. The molecule has 1 amide bonds. The standard InChI is InChI=1S/C14H15ClN2O3/c1-9(10-6-16-7-10)14(20)17(8-13(18)19)12-4-2-3-11(15)5-12/h2-5,16H,6-8H2,1H3,(H,18,19). The van der Waals surface area contributed by atoms with Gasteiger partial charge in [-0.15, -0.1) is 0 Å². The Morgan fingerprint density at radius 2 is 2.10 bits per heavy atom. The van der Waals surface area contributed by atoms with Crippen molar-refractivity contribution in [3.8, 4) is 0 Å². The summed E-state index contributed by atoms with van der Waals surface area (Å²) in [5, 5.41) is 12.5. The summed E-state index contributed by atoms with van der Waals surface area (Å²) in [6.07, 6.45) is 0. The molecule has 1 fully saturated rings. The molecule has 0 unspecified atom stereocenters. The van der Waals surface area contributed by atoms with Crippen LogP contribution in [0.5, 0.6) is 0 Å². The summed E-state index contributed by atoms with van der Waals surface area (Å²) in [5.74, 6) is -1.37. The summed E-state index contributed by atoms with van der Waals surface area (Å²) in [7, 11) is 0. The topological polar surface area (TPSA) is 69.6 Å². The molecule has 1 aromatic rings. The van der Waals surface area contributed by atoms with Gasteiger partial charge in [0.15, 0.2) is 0 Å². The Kier molecular flexibility index (Phi) is 4.42. The molecule has 0 atom stereocenters. The van der Waals surface area contributed by atoms with Crippen LogP contribution >= 0.6 is 11.6 Å². The van der Waals surface area contributed by atoms with Crippen molar-refractivity contribution >= 4 is 29.2 Å². The first-order valence-electron chi connectivity index (χ1n) is 6.17. The zero-order valence-electron chi connectivity index (χ0n) is 11.0. The van der Waals surface area contributed by atoms with Crippen molar-refractivity contribution < 1.29 is 14.7 Å². The number of benzene rings is 1. The van der Waals surface area contributed by atoms with Gasteiger partial charge in [-0.05, 0) is 30.7 Å². The molecule has 1 aliphatic heterocycles. The van der Waals surface area contributed by atoms with E-state index in [2.05, 4.69) is 5.32 Å². The molecule has 0 aliphatic carbocycles. The van der Waals surface area contributed by atoms with E-state index in [1.54, 1.807) is 31.2 Å². The average Bonchev–Trinajstić information content (AvgIpc) is 2.32. The monoisotopic (exact) mass is 294 g/mol. The number of carboxylic acid groups (broad SMARTS) is 1. The molecule has 0 bridgehead atoms. The summed E-state index contributed by atoms with van der Waals surface area (Å²) < 4.78 is 0. The maximum Gasteiger partial charge on any atom is 0.323 e. The van der Waals surface area contributed by atoms with E-state index in [1.165, 1.54) is 4.90 Å². The normalized spacial score (nSPS) is 13.6. The van der Waals surface area contributed by atoms with Crippen LogP contribution in [0.1, 0.15) is 6.92 Å². The van der Waals surface area contributed by atoms with Crippen molar-refractivity contribution in [2.75, 3.05) is 24.5 Å². The van der Waals surface area contributed by atoms with E-state index in [0.717, 1.165) is 5.57 Å². The van der Waals surface area contributed by atoms with Crippen LogP contribution in [0, 0.1) is 0 Å². The Morgan fingerprint density at radius 1 is 1.40 bits per heavy atom. The lowest BCUT2D eigenvalue weighted by Gasteiger charge is -2.26. The highest BCUT2D eigenvalue weighted by Crippen LogP contribution is 2.22. The SMILES string of the molecule is CC(C(=O)N(CC(=O)O)c1cccc(Cl)c1)=C1CNC1. The summed E-state index contributed by atoms with van der Waals surface area (Å²) in [5.41, 5.74) is 2.08. The predicted molar refractivity (Wildman–Crippen MR) is 77.0 cm³/mol. The first-order valence-corrected chi connectivity index (χ1v) is 6.55. The number of carboxylic acids is 1. The third-order valence-corrected chi connectivity index (χ3v) is 3.42. The molecule has 106 valence electrons. The minimum Gasteiger partial charge on any atom is -0.480 e. The van der Waals surface area contributed by atoms with Crippen molar-refractivity contribution in [2.24, 2.45) is 0 Å². The molecule has 1 aromatic carbocycles. The quantitative estimate of drug-likeness (QED) is 0.829. The lowest BCUT2D eigenvalue weighted by Crippen LogP contribution is -2.41. The van der Waals surface area contributed by atoms with Gasteiger partial charge < -0.3 is 10.4 Å². The maximum absolute atomic E-state index is 12.5. The van der Waals surface area contributed by atoms with E-state index < -0.39 is 12.5 Å². The van der Waals surface area contributed by atoms with Gasteiger partial charge in [-0.2, -0.15) is 0 Å². The minimum absolute atomic E-state index is 0.300. The number of hydrogen-bond acceptors (Lipinski definition) is 3. The van der Waals surface area contributed by atoms with Crippen molar-refractivity contribution in [2.45, 2.75) is 6.92 Å². The number of amides is 1. The van der Waals surface area contributed by atoms with Crippen LogP contribution in [0.2, 0.25) is 5.02 Å². The zero-order valence-corrected chi connectivity index (χ0v) is 11.8. The highest BCUT2D eigenvalue weighted by Gasteiger charge is 2.24. The second kappa shape index (κ2) is 6.07. The smallest absolute Gasteiger partial charge is 0.323 e. The van der Waals surface area contributed by atoms with Gasteiger partial charge in [0.05, 0.1) is 0 Å². The highest BCUT2D eigenvalue weighted by atomic mass is 35.5. The van der Waals surface area contributed by atoms with Gasteiger partial charge in [0.1, 0.15) is 6.54 Å². The number of anilines is 1. The van der Waals surface area contributed by atoms with E-state index in [-0.39, 0.29) is 5.91 Å². The number of carbonyl (C=O) groups is 2. The van der Waals surface area contributed by atoms with Gasteiger partial charge in [-0.25, -0.2) is 0 Å². The number of nitrogens with one attached hydrogen (secondary N) is 1. The van der Waals surface area contributed by atoms with Gasteiger partial charge in [-0.1, -0.05) is 17.7 Å². The van der Waals surface area contributed by atoms with Crippen LogP contribution in [-0.4, -0.2) is 36.6 Å². The van der Waals surface area contributed by atoms with E-state index >= 15 is 0 Å². The fourth-order valence-corrected chi connectivity index (χ4v) is 2.11. The predicted octanol–water partition coefficient (Wildman–Crippen LogP) is 1.68. The van der Waals surface area contributed by atoms with Crippen LogP contribution in [0.25, 0.3) is 0 Å². The summed E-state index contributed by atoms with van der Waals surface area (Å²) in [4.78, 5) is 24.7. The van der Waals surface area contributed by atoms with Crippen LogP contribution in [0.3, 0.4) is 0 Å². The van der Waals surface area contributed by atoms with Crippen LogP contribution in [0.4, 0.5) is 5.69 Å². The lowest BCUT2D eigenvalue weighted by molar-refractivity contribution is -0.136. The number of aliphatic carboxylic acids is 1. The molecule has 5 nitrogen and oxygen atoms in total. The Bertz CT molecular complexity index is 578. The number of carbonyl (C=O) groups excluding carboxylic acids is 1. The van der Waals surface area contributed by atoms with Crippen molar-refractivity contribution in [3.05, 3.63) is 40.4 Å². The molecule has 1 aliphatic rings. The molecule has 0 spiro atoms.